The van der Waals surface area contributed by atoms with E-state index in [4.69, 9.17) is 9.15 Å². The third-order valence-corrected chi connectivity index (χ3v) is 5.01. The largest absolute Gasteiger partial charge is 0.497 e. The maximum absolute atomic E-state index is 12.3. The molecule has 1 aromatic carbocycles. The smallest absolute Gasteiger partial charge is 0.411 e. The first-order valence-electron chi connectivity index (χ1n) is 9.57. The number of aromatic nitrogens is 6. The summed E-state index contributed by atoms with van der Waals surface area (Å²) in [5, 5.41) is 12.4. The Hall–Kier alpha value is -3.67. The minimum atomic E-state index is -4.43. The third kappa shape index (κ3) is 3.62. The number of imidazole rings is 1. The molecule has 166 valence electrons. The molecule has 0 amide bonds. The van der Waals surface area contributed by atoms with Crippen molar-refractivity contribution in [3.05, 3.63) is 47.9 Å². The first-order valence-corrected chi connectivity index (χ1v) is 9.57. The van der Waals surface area contributed by atoms with Gasteiger partial charge < -0.3 is 18.5 Å². The highest BCUT2D eigenvalue weighted by atomic mass is 19.4. The van der Waals surface area contributed by atoms with Gasteiger partial charge in [0.15, 0.2) is 0 Å². The van der Waals surface area contributed by atoms with Crippen LogP contribution in [0.3, 0.4) is 0 Å². The molecule has 32 heavy (non-hydrogen) atoms. The Morgan fingerprint density at radius 1 is 1.19 bits per heavy atom. The second-order valence-electron chi connectivity index (χ2n) is 7.26. The van der Waals surface area contributed by atoms with Crippen molar-refractivity contribution in [1.29, 1.82) is 0 Å². The van der Waals surface area contributed by atoms with Crippen molar-refractivity contribution < 1.29 is 27.1 Å². The minimum absolute atomic E-state index is 0.0631. The van der Waals surface area contributed by atoms with E-state index < -0.39 is 19.4 Å². The number of hydrogen-bond donors (Lipinski definition) is 0. The quantitative estimate of drug-likeness (QED) is 0.409. The van der Waals surface area contributed by atoms with Crippen molar-refractivity contribution in [2.75, 3.05) is 13.7 Å². The van der Waals surface area contributed by atoms with E-state index in [2.05, 4.69) is 25.0 Å². The van der Waals surface area contributed by atoms with Gasteiger partial charge in [-0.2, -0.15) is 18.3 Å². The molecule has 12 heteroatoms. The fourth-order valence-corrected chi connectivity index (χ4v) is 3.71. The molecule has 0 fully saturated rings. The van der Waals surface area contributed by atoms with Crippen LogP contribution in [0.4, 0.5) is 13.2 Å². The highest BCUT2D eigenvalue weighted by Crippen LogP contribution is 2.38. The van der Waals surface area contributed by atoms with Gasteiger partial charge in [-0.05, 0) is 18.2 Å². The number of ether oxygens (including phenoxy) is 2. The molecule has 0 aliphatic carbocycles. The molecule has 5 rings (SSSR count). The monoisotopic (exact) mass is 446 g/mol. The Morgan fingerprint density at radius 2 is 2.03 bits per heavy atom. The van der Waals surface area contributed by atoms with Crippen molar-refractivity contribution in [3.63, 3.8) is 0 Å². The zero-order valence-electron chi connectivity index (χ0n) is 17.0. The van der Waals surface area contributed by atoms with Crippen molar-refractivity contribution >= 4 is 0 Å². The highest BCUT2D eigenvalue weighted by Gasteiger charge is 2.29. The lowest BCUT2D eigenvalue weighted by Gasteiger charge is -2.11. The standard InChI is InChI=1S/C20H17F3N6O3/c1-28-7-11-5-15-18(19-26-25-16(32-19)8-31-9-20(21,22)23)24-10-29(15)14-4-3-12(30-2)6-13(14)17(11)27-28/h3-4,6-7,10H,5,8-9H2,1-2H3. The van der Waals surface area contributed by atoms with Gasteiger partial charge in [-0.25, -0.2) is 4.98 Å². The number of fused-ring (bicyclic) bond motifs is 5. The Labute approximate surface area is 179 Å². The van der Waals surface area contributed by atoms with Gasteiger partial charge in [0.05, 0.1) is 24.2 Å². The fourth-order valence-electron chi connectivity index (χ4n) is 3.71. The van der Waals surface area contributed by atoms with Gasteiger partial charge in [-0.15, -0.1) is 10.2 Å². The van der Waals surface area contributed by atoms with Crippen LogP contribution < -0.4 is 4.74 Å². The van der Waals surface area contributed by atoms with Gasteiger partial charge in [0.25, 0.3) is 5.89 Å². The molecule has 1 aliphatic rings. The molecule has 0 radical (unpaired) electrons. The number of benzene rings is 1. The molecule has 1 aliphatic heterocycles. The van der Waals surface area contributed by atoms with E-state index in [1.807, 2.05) is 36.0 Å². The number of aryl methyl sites for hydroxylation is 1. The maximum atomic E-state index is 12.3. The van der Waals surface area contributed by atoms with E-state index >= 15 is 0 Å². The predicted molar refractivity (Wildman–Crippen MR) is 104 cm³/mol. The maximum Gasteiger partial charge on any atom is 0.411 e. The number of alkyl halides is 3. The molecular formula is C20H17F3N6O3. The van der Waals surface area contributed by atoms with Crippen molar-refractivity contribution in [3.8, 4) is 34.3 Å². The van der Waals surface area contributed by atoms with Crippen LogP contribution >= 0.6 is 0 Å². The topological polar surface area (TPSA) is 93.0 Å². The van der Waals surface area contributed by atoms with Crippen molar-refractivity contribution in [2.24, 2.45) is 7.05 Å². The average Bonchev–Trinajstić information content (AvgIpc) is 3.44. The van der Waals surface area contributed by atoms with Crippen LogP contribution in [0.1, 0.15) is 17.1 Å². The fraction of sp³-hybridized carbons (Fsp3) is 0.300. The van der Waals surface area contributed by atoms with Crippen LogP contribution in [0.5, 0.6) is 5.75 Å². The van der Waals surface area contributed by atoms with Crippen LogP contribution in [0.15, 0.2) is 35.1 Å². The Morgan fingerprint density at radius 3 is 2.81 bits per heavy atom. The van der Waals surface area contributed by atoms with Gasteiger partial charge in [0, 0.05) is 30.8 Å². The molecule has 0 unspecified atom stereocenters. The van der Waals surface area contributed by atoms with Gasteiger partial charge in [-0.1, -0.05) is 0 Å². The lowest BCUT2D eigenvalue weighted by molar-refractivity contribution is -0.177. The van der Waals surface area contributed by atoms with E-state index in [1.165, 1.54) is 0 Å². The number of halogens is 3. The molecule has 0 N–H and O–H groups in total. The lowest BCUT2D eigenvalue weighted by Crippen LogP contribution is -2.16. The molecule has 9 nitrogen and oxygen atoms in total. The van der Waals surface area contributed by atoms with Gasteiger partial charge in [0.2, 0.25) is 5.89 Å². The Kier molecular flexibility index (Phi) is 4.73. The molecular weight excluding hydrogens is 429 g/mol. The summed E-state index contributed by atoms with van der Waals surface area (Å²) in [5.41, 5.74) is 4.76. The summed E-state index contributed by atoms with van der Waals surface area (Å²) < 4.78 is 56.0. The van der Waals surface area contributed by atoms with E-state index in [-0.39, 0.29) is 11.8 Å². The van der Waals surface area contributed by atoms with E-state index in [1.54, 1.807) is 18.1 Å². The first-order chi connectivity index (χ1) is 15.3. The number of rotatable bonds is 5. The van der Waals surface area contributed by atoms with Crippen LogP contribution in [0.2, 0.25) is 0 Å². The lowest BCUT2D eigenvalue weighted by atomic mass is 10.0. The van der Waals surface area contributed by atoms with Gasteiger partial charge >= 0.3 is 6.18 Å². The third-order valence-electron chi connectivity index (χ3n) is 5.01. The Balaban J connectivity index is 1.53. The number of methoxy groups -OCH3 is 1. The summed E-state index contributed by atoms with van der Waals surface area (Å²) in [6, 6.07) is 5.68. The van der Waals surface area contributed by atoms with Gasteiger partial charge in [0.1, 0.15) is 31.0 Å². The second-order valence-corrected chi connectivity index (χ2v) is 7.26. The molecule has 4 aromatic rings. The summed E-state index contributed by atoms with van der Waals surface area (Å²) in [7, 11) is 3.45. The van der Waals surface area contributed by atoms with Crippen molar-refractivity contribution in [1.82, 2.24) is 29.5 Å². The van der Waals surface area contributed by atoms with Crippen molar-refractivity contribution in [2.45, 2.75) is 19.2 Å². The number of nitrogens with zero attached hydrogens (tertiary/aromatic N) is 6. The van der Waals surface area contributed by atoms with Gasteiger partial charge in [-0.3, -0.25) is 4.68 Å². The molecule has 3 aromatic heterocycles. The average molecular weight is 446 g/mol. The summed E-state index contributed by atoms with van der Waals surface area (Å²) in [4.78, 5) is 4.45. The summed E-state index contributed by atoms with van der Waals surface area (Å²) in [5.74, 6) is 0.739. The van der Waals surface area contributed by atoms with E-state index in [9.17, 15) is 13.2 Å². The zero-order chi connectivity index (χ0) is 22.5. The molecule has 0 saturated carbocycles. The number of hydrogen-bond acceptors (Lipinski definition) is 7. The van der Waals surface area contributed by atoms with Crippen LogP contribution in [0.25, 0.3) is 28.5 Å². The normalized spacial score (nSPS) is 12.8. The molecule has 0 saturated heterocycles. The van der Waals surface area contributed by atoms with Crippen LogP contribution in [-0.2, 0) is 24.8 Å². The summed E-state index contributed by atoms with van der Waals surface area (Å²) in [6.07, 6.45) is -0.375. The highest BCUT2D eigenvalue weighted by molar-refractivity contribution is 5.77. The second kappa shape index (κ2) is 7.48. The summed E-state index contributed by atoms with van der Waals surface area (Å²) in [6.45, 7) is -1.84. The predicted octanol–water partition coefficient (Wildman–Crippen LogP) is 3.31. The van der Waals surface area contributed by atoms with Crippen LogP contribution in [0, 0.1) is 0 Å². The van der Waals surface area contributed by atoms with Crippen LogP contribution in [-0.4, -0.2) is 49.4 Å². The summed E-state index contributed by atoms with van der Waals surface area (Å²) >= 11 is 0. The SMILES string of the molecule is COc1ccc2c(c1)-c1nn(C)cc1Cc1c(-c3nnc(COCC(F)(F)F)o3)ncn1-2. The molecule has 0 spiro atoms. The first kappa shape index (κ1) is 20.2. The molecule has 0 atom stereocenters. The van der Waals surface area contributed by atoms with E-state index in [0.29, 0.717) is 17.9 Å². The Bertz CT molecular complexity index is 1290. The molecule has 0 bridgehead atoms. The molecule has 4 heterocycles. The zero-order valence-corrected chi connectivity index (χ0v) is 17.0. The minimum Gasteiger partial charge on any atom is -0.497 e. The van der Waals surface area contributed by atoms with E-state index in [0.717, 1.165) is 28.2 Å².